The molecule has 0 aliphatic carbocycles. The Balaban J connectivity index is 1.45. The van der Waals surface area contributed by atoms with Crippen LogP contribution < -0.4 is 5.32 Å². The van der Waals surface area contributed by atoms with Gasteiger partial charge in [-0.2, -0.15) is 0 Å². The molecule has 1 aromatic carbocycles. The van der Waals surface area contributed by atoms with Crippen LogP contribution in [0.4, 0.5) is 5.69 Å². The Morgan fingerprint density at radius 1 is 1.21 bits per heavy atom. The number of carbonyl (C=O) groups is 1. The molecule has 1 saturated heterocycles. The fourth-order valence-corrected chi connectivity index (χ4v) is 3.02. The van der Waals surface area contributed by atoms with Gasteiger partial charge in [0.25, 0.3) is 0 Å². The number of benzene rings is 1. The van der Waals surface area contributed by atoms with Crippen molar-refractivity contribution >= 4 is 23.2 Å². The molecule has 0 saturated carbocycles. The van der Waals surface area contributed by atoms with E-state index in [1.807, 2.05) is 31.2 Å². The van der Waals surface area contributed by atoms with Crippen molar-refractivity contribution in [1.29, 1.82) is 0 Å². The summed E-state index contributed by atoms with van der Waals surface area (Å²) in [6.45, 7) is 6.81. The molecular formula is C18H22ClN3O2. The van der Waals surface area contributed by atoms with Crippen LogP contribution in [0.1, 0.15) is 11.3 Å². The maximum absolute atomic E-state index is 12.3. The number of nitrogens with one attached hydrogen (secondary N) is 1. The lowest BCUT2D eigenvalue weighted by Gasteiger charge is -2.33. The van der Waals surface area contributed by atoms with Gasteiger partial charge in [0.15, 0.2) is 0 Å². The first-order valence-corrected chi connectivity index (χ1v) is 8.51. The van der Waals surface area contributed by atoms with Crippen LogP contribution in [-0.4, -0.2) is 48.4 Å². The SMILES string of the molecule is Cc1ccc(Cl)cc1NC(=O)CN1CCN(Cc2ccco2)CC1. The first kappa shape index (κ1) is 17.0. The zero-order valence-electron chi connectivity index (χ0n) is 13.8. The Morgan fingerprint density at radius 3 is 2.67 bits per heavy atom. The fourth-order valence-electron chi connectivity index (χ4n) is 2.85. The summed E-state index contributed by atoms with van der Waals surface area (Å²) in [4.78, 5) is 16.8. The highest BCUT2D eigenvalue weighted by molar-refractivity contribution is 6.31. The highest BCUT2D eigenvalue weighted by Gasteiger charge is 2.19. The van der Waals surface area contributed by atoms with E-state index >= 15 is 0 Å². The molecule has 1 aliphatic rings. The van der Waals surface area contributed by atoms with Crippen molar-refractivity contribution in [2.45, 2.75) is 13.5 Å². The molecule has 24 heavy (non-hydrogen) atoms. The van der Waals surface area contributed by atoms with E-state index in [9.17, 15) is 4.79 Å². The van der Waals surface area contributed by atoms with E-state index in [1.54, 1.807) is 12.3 Å². The molecule has 1 amide bonds. The summed E-state index contributed by atoms with van der Waals surface area (Å²) in [6.07, 6.45) is 1.70. The number of rotatable bonds is 5. The monoisotopic (exact) mass is 347 g/mol. The van der Waals surface area contributed by atoms with Gasteiger partial charge < -0.3 is 9.73 Å². The molecule has 0 radical (unpaired) electrons. The minimum atomic E-state index is -0.000138. The van der Waals surface area contributed by atoms with Crippen molar-refractivity contribution in [3.05, 3.63) is 52.9 Å². The smallest absolute Gasteiger partial charge is 0.238 e. The third-order valence-electron chi connectivity index (χ3n) is 4.27. The van der Waals surface area contributed by atoms with Crippen LogP contribution in [0.15, 0.2) is 41.0 Å². The van der Waals surface area contributed by atoms with E-state index in [-0.39, 0.29) is 5.91 Å². The maximum atomic E-state index is 12.3. The van der Waals surface area contributed by atoms with E-state index < -0.39 is 0 Å². The lowest BCUT2D eigenvalue weighted by molar-refractivity contribution is -0.117. The zero-order chi connectivity index (χ0) is 16.9. The van der Waals surface area contributed by atoms with Gasteiger partial charge in [-0.1, -0.05) is 17.7 Å². The predicted octanol–water partition coefficient (Wildman–Crippen LogP) is 3.00. The summed E-state index contributed by atoms with van der Waals surface area (Å²) >= 11 is 5.99. The number of nitrogens with zero attached hydrogens (tertiary/aromatic N) is 2. The molecule has 0 spiro atoms. The van der Waals surface area contributed by atoms with E-state index in [0.717, 1.165) is 49.7 Å². The number of amides is 1. The Kier molecular flexibility index (Phi) is 5.56. The van der Waals surface area contributed by atoms with E-state index in [2.05, 4.69) is 15.1 Å². The van der Waals surface area contributed by atoms with Crippen molar-refractivity contribution in [1.82, 2.24) is 9.80 Å². The van der Waals surface area contributed by atoms with Crippen LogP contribution >= 0.6 is 11.6 Å². The molecule has 1 N–H and O–H groups in total. The topological polar surface area (TPSA) is 48.7 Å². The Bertz CT molecular complexity index is 680. The predicted molar refractivity (Wildman–Crippen MR) is 95.2 cm³/mol. The number of piperazine rings is 1. The minimum absolute atomic E-state index is 0.000138. The number of anilines is 1. The average molecular weight is 348 g/mol. The number of halogens is 1. The lowest BCUT2D eigenvalue weighted by atomic mass is 10.2. The number of aryl methyl sites for hydroxylation is 1. The summed E-state index contributed by atoms with van der Waals surface area (Å²) in [5, 5.41) is 3.58. The van der Waals surface area contributed by atoms with Crippen LogP contribution in [-0.2, 0) is 11.3 Å². The third kappa shape index (κ3) is 4.60. The highest BCUT2D eigenvalue weighted by atomic mass is 35.5. The van der Waals surface area contributed by atoms with Crippen molar-refractivity contribution in [3.8, 4) is 0 Å². The van der Waals surface area contributed by atoms with Crippen LogP contribution in [0.3, 0.4) is 0 Å². The molecule has 128 valence electrons. The average Bonchev–Trinajstić information content (AvgIpc) is 3.06. The third-order valence-corrected chi connectivity index (χ3v) is 4.50. The molecule has 5 nitrogen and oxygen atoms in total. The largest absolute Gasteiger partial charge is 0.468 e. The molecule has 6 heteroatoms. The summed E-state index contributed by atoms with van der Waals surface area (Å²) in [5.41, 5.74) is 1.79. The quantitative estimate of drug-likeness (QED) is 0.903. The normalized spacial score (nSPS) is 16.2. The highest BCUT2D eigenvalue weighted by Crippen LogP contribution is 2.20. The van der Waals surface area contributed by atoms with Gasteiger partial charge >= 0.3 is 0 Å². The summed E-state index contributed by atoms with van der Waals surface area (Å²) in [7, 11) is 0. The summed E-state index contributed by atoms with van der Waals surface area (Å²) in [5.74, 6) is 0.984. The summed E-state index contributed by atoms with van der Waals surface area (Å²) < 4.78 is 5.38. The second-order valence-corrected chi connectivity index (χ2v) is 6.58. The first-order valence-electron chi connectivity index (χ1n) is 8.13. The summed E-state index contributed by atoms with van der Waals surface area (Å²) in [6, 6.07) is 9.42. The van der Waals surface area contributed by atoms with E-state index in [1.165, 1.54) is 0 Å². The van der Waals surface area contributed by atoms with Crippen molar-refractivity contribution in [2.75, 3.05) is 38.0 Å². The van der Waals surface area contributed by atoms with Gasteiger partial charge in [0.05, 0.1) is 19.4 Å². The Morgan fingerprint density at radius 2 is 1.96 bits per heavy atom. The second kappa shape index (κ2) is 7.83. The zero-order valence-corrected chi connectivity index (χ0v) is 14.6. The fraction of sp³-hybridized carbons (Fsp3) is 0.389. The number of hydrogen-bond acceptors (Lipinski definition) is 4. The van der Waals surface area contributed by atoms with Crippen LogP contribution in [0.5, 0.6) is 0 Å². The Hall–Kier alpha value is -1.82. The molecule has 3 rings (SSSR count). The van der Waals surface area contributed by atoms with Crippen molar-refractivity contribution in [3.63, 3.8) is 0 Å². The van der Waals surface area contributed by atoms with Gasteiger partial charge in [-0.15, -0.1) is 0 Å². The van der Waals surface area contributed by atoms with Gasteiger partial charge in [-0.25, -0.2) is 0 Å². The van der Waals surface area contributed by atoms with Gasteiger partial charge in [0.1, 0.15) is 5.76 Å². The molecular weight excluding hydrogens is 326 g/mol. The second-order valence-electron chi connectivity index (χ2n) is 6.14. The van der Waals surface area contributed by atoms with Crippen LogP contribution in [0.2, 0.25) is 5.02 Å². The number of hydrogen-bond donors (Lipinski definition) is 1. The lowest BCUT2D eigenvalue weighted by Crippen LogP contribution is -2.48. The van der Waals surface area contributed by atoms with Gasteiger partial charge in [-0.3, -0.25) is 14.6 Å². The van der Waals surface area contributed by atoms with E-state index in [4.69, 9.17) is 16.0 Å². The van der Waals surface area contributed by atoms with E-state index in [0.29, 0.717) is 11.6 Å². The molecule has 1 aromatic heterocycles. The van der Waals surface area contributed by atoms with Gasteiger partial charge in [-0.05, 0) is 36.8 Å². The van der Waals surface area contributed by atoms with Crippen LogP contribution in [0.25, 0.3) is 0 Å². The molecule has 2 aromatic rings. The molecule has 1 aliphatic heterocycles. The van der Waals surface area contributed by atoms with Gasteiger partial charge in [0.2, 0.25) is 5.91 Å². The minimum Gasteiger partial charge on any atom is -0.468 e. The van der Waals surface area contributed by atoms with Gasteiger partial charge in [0, 0.05) is 36.9 Å². The number of carbonyl (C=O) groups excluding carboxylic acids is 1. The van der Waals surface area contributed by atoms with Crippen LogP contribution in [0, 0.1) is 6.92 Å². The maximum Gasteiger partial charge on any atom is 0.238 e. The Labute approximate surface area is 147 Å². The van der Waals surface area contributed by atoms with Crippen molar-refractivity contribution in [2.24, 2.45) is 0 Å². The number of furan rings is 1. The molecule has 2 heterocycles. The molecule has 0 unspecified atom stereocenters. The molecule has 0 atom stereocenters. The first-order chi connectivity index (χ1) is 11.6. The van der Waals surface area contributed by atoms with Crippen molar-refractivity contribution < 1.29 is 9.21 Å². The standard InChI is InChI=1S/C18H22ClN3O2/c1-14-4-5-15(19)11-17(14)20-18(23)13-22-8-6-21(7-9-22)12-16-3-2-10-24-16/h2-5,10-11H,6-9,12-13H2,1H3,(H,20,23). The molecule has 0 bridgehead atoms. The molecule has 1 fully saturated rings.